The van der Waals surface area contributed by atoms with Crippen LogP contribution >= 0.6 is 0 Å². The largest absolute Gasteiger partial charge is 0.551 e. The van der Waals surface area contributed by atoms with Crippen molar-refractivity contribution in [2.24, 2.45) is 0 Å². The molecule has 4 nitrogen and oxygen atoms in total. The molecule has 0 spiro atoms. The van der Waals surface area contributed by atoms with Crippen LogP contribution in [0.3, 0.4) is 0 Å². The number of benzene rings is 8. The van der Waals surface area contributed by atoms with E-state index in [2.05, 4.69) is 173 Å². The third kappa shape index (κ3) is 3.56. The van der Waals surface area contributed by atoms with Gasteiger partial charge in [-0.2, -0.15) is 0 Å². The van der Waals surface area contributed by atoms with Gasteiger partial charge in [-0.25, -0.2) is 0 Å². The van der Waals surface area contributed by atoms with E-state index in [9.17, 15) is 0 Å². The number of nitrogens with zero attached hydrogens (tertiary/aromatic N) is 2. The molecule has 2 aliphatic rings. The summed E-state index contributed by atoms with van der Waals surface area (Å²) in [6.07, 6.45) is 0. The Morgan fingerprint density at radius 2 is 0.981 bits per heavy atom. The van der Waals surface area contributed by atoms with E-state index >= 15 is 0 Å². The van der Waals surface area contributed by atoms with Gasteiger partial charge < -0.3 is 18.4 Å². The third-order valence-electron chi connectivity index (χ3n) is 11.7. The molecule has 0 radical (unpaired) electrons. The van der Waals surface area contributed by atoms with Gasteiger partial charge in [-0.05, 0) is 77.4 Å². The Morgan fingerprint density at radius 3 is 1.66 bits per heavy atom. The van der Waals surface area contributed by atoms with E-state index in [0.29, 0.717) is 0 Å². The first-order valence-corrected chi connectivity index (χ1v) is 18.2. The zero-order valence-corrected chi connectivity index (χ0v) is 28.4. The van der Waals surface area contributed by atoms with Gasteiger partial charge in [0, 0.05) is 60.6 Å². The van der Waals surface area contributed by atoms with Gasteiger partial charge in [-0.15, -0.1) is 0 Å². The van der Waals surface area contributed by atoms with E-state index in [1.165, 1.54) is 65.5 Å². The summed E-state index contributed by atoms with van der Waals surface area (Å²) in [5, 5.41) is 7.53. The minimum atomic E-state index is -0.287. The molecule has 0 fully saturated rings. The molecule has 0 saturated carbocycles. The van der Waals surface area contributed by atoms with Crippen LogP contribution in [0, 0.1) is 0 Å². The molecular weight excluding hydrogens is 647 g/mol. The smallest absolute Gasteiger partial charge is 0.434 e. The molecule has 5 heteroatoms. The van der Waals surface area contributed by atoms with E-state index in [0.717, 1.165) is 50.6 Å². The first-order chi connectivity index (χ1) is 26.3. The second kappa shape index (κ2) is 9.87. The molecule has 3 aromatic heterocycles. The maximum Gasteiger partial charge on any atom is 0.434 e. The van der Waals surface area contributed by atoms with Crippen molar-refractivity contribution in [3.8, 4) is 45.2 Å². The van der Waals surface area contributed by atoms with Crippen molar-refractivity contribution >= 4 is 77.7 Å². The molecule has 53 heavy (non-hydrogen) atoms. The van der Waals surface area contributed by atoms with Crippen LogP contribution in [0.5, 0.6) is 17.2 Å². The minimum absolute atomic E-state index is 0.287. The van der Waals surface area contributed by atoms with Crippen molar-refractivity contribution < 1.29 is 9.39 Å². The summed E-state index contributed by atoms with van der Waals surface area (Å²) < 4.78 is 18.7. The highest BCUT2D eigenvalue weighted by atomic mass is 16.5. The van der Waals surface area contributed by atoms with Crippen LogP contribution in [-0.4, -0.2) is 15.9 Å². The molecule has 244 valence electrons. The molecule has 2 aliphatic heterocycles. The zero-order chi connectivity index (χ0) is 34.4. The monoisotopic (exact) mass is 674 g/mol. The topological polar surface area (TPSA) is 27.8 Å². The fourth-order valence-corrected chi connectivity index (χ4v) is 9.47. The molecule has 8 aromatic carbocycles. The van der Waals surface area contributed by atoms with E-state index in [1.54, 1.807) is 0 Å². The van der Waals surface area contributed by atoms with Gasteiger partial charge in [-0.1, -0.05) is 97.1 Å². The van der Waals surface area contributed by atoms with Crippen molar-refractivity contribution in [2.75, 3.05) is 0 Å². The van der Waals surface area contributed by atoms with E-state index in [-0.39, 0.29) is 6.92 Å². The number of para-hydroxylation sites is 5. The van der Waals surface area contributed by atoms with Crippen molar-refractivity contribution in [1.82, 2.24) is 8.97 Å². The molecule has 13 rings (SSSR count). The molecule has 0 N–H and O–H groups in total. The van der Waals surface area contributed by atoms with Crippen molar-refractivity contribution in [2.45, 2.75) is 0 Å². The number of rotatable bonds is 2. The molecule has 0 bridgehead atoms. The summed E-state index contributed by atoms with van der Waals surface area (Å²) in [5.74, 6) is 2.54. The van der Waals surface area contributed by atoms with Crippen LogP contribution in [0.4, 0.5) is 0 Å². The summed E-state index contributed by atoms with van der Waals surface area (Å²) in [6, 6.07) is 59.1. The maximum atomic E-state index is 7.03. The Kier molecular flexibility index (Phi) is 5.16. The molecule has 0 aliphatic carbocycles. The van der Waals surface area contributed by atoms with Gasteiger partial charge in [0.25, 0.3) is 0 Å². The van der Waals surface area contributed by atoms with Gasteiger partial charge >= 0.3 is 6.92 Å². The lowest BCUT2D eigenvalue weighted by Crippen LogP contribution is -2.53. The van der Waals surface area contributed by atoms with Gasteiger partial charge in [0.1, 0.15) is 17.2 Å². The first kappa shape index (κ1) is 27.7. The van der Waals surface area contributed by atoms with Gasteiger partial charge in [-0.3, -0.25) is 0 Å². The highest BCUT2D eigenvalue weighted by molar-refractivity contribution is 6.84. The lowest BCUT2D eigenvalue weighted by molar-refractivity contribution is 0.479. The zero-order valence-electron chi connectivity index (χ0n) is 28.4. The summed E-state index contributed by atoms with van der Waals surface area (Å²) in [5.41, 5.74) is 13.8. The van der Waals surface area contributed by atoms with Crippen LogP contribution in [0.25, 0.3) is 87.8 Å². The number of hydrogen-bond donors (Lipinski definition) is 0. The van der Waals surface area contributed by atoms with Crippen LogP contribution in [0.1, 0.15) is 0 Å². The predicted octanol–water partition coefficient (Wildman–Crippen LogP) is 10.9. The molecule has 0 atom stereocenters. The van der Waals surface area contributed by atoms with Crippen molar-refractivity contribution in [3.05, 3.63) is 164 Å². The minimum Gasteiger partial charge on any atom is -0.551 e. The average molecular weight is 675 g/mol. The van der Waals surface area contributed by atoms with E-state index in [1.807, 2.05) is 0 Å². The van der Waals surface area contributed by atoms with Gasteiger partial charge in [0.2, 0.25) is 0 Å². The molecule has 11 aromatic rings. The SMILES string of the molecule is c1ccc2c(c1)OB1c3ccc(-n4c5ccccc5c5ccccc54)cc3Oc3cc(-c4cc5c6ccccc6n6c7ccccc7c(c4)c56)cc-2c31. The van der Waals surface area contributed by atoms with Crippen LogP contribution in [0.2, 0.25) is 0 Å². The normalized spacial score (nSPS) is 13.2. The fourth-order valence-electron chi connectivity index (χ4n) is 9.47. The summed E-state index contributed by atoms with van der Waals surface area (Å²) in [6.45, 7) is -0.287. The molecule has 5 heterocycles. The fraction of sp³-hybridized carbons (Fsp3) is 0. The van der Waals surface area contributed by atoms with Crippen LogP contribution in [0.15, 0.2) is 164 Å². The van der Waals surface area contributed by atoms with Crippen molar-refractivity contribution in [3.63, 3.8) is 0 Å². The predicted molar refractivity (Wildman–Crippen MR) is 218 cm³/mol. The molecular formula is C48H27BN2O2. The first-order valence-electron chi connectivity index (χ1n) is 18.2. The number of ether oxygens (including phenoxy) is 1. The number of aromatic nitrogens is 2. The Morgan fingerprint density at radius 1 is 0.415 bits per heavy atom. The highest BCUT2D eigenvalue weighted by Gasteiger charge is 2.41. The second-order valence-electron chi connectivity index (χ2n) is 14.4. The number of fused-ring (bicyclic) bond motifs is 13. The Hall–Kier alpha value is -6.98. The summed E-state index contributed by atoms with van der Waals surface area (Å²) in [4.78, 5) is 0. The third-order valence-corrected chi connectivity index (χ3v) is 11.7. The Labute approximate surface area is 304 Å². The van der Waals surface area contributed by atoms with Gasteiger partial charge in [0.05, 0.1) is 27.6 Å². The standard InChI is InChI=1S/C48H27BN2O2/c1-6-16-40-31(11-1)32-12-2-7-17-41(32)50(40)30-21-22-39-45(27-30)52-46-26-29(23-36-35-15-5-10-20-44(35)53-49(39)47(36)46)28-24-37-33-13-3-8-18-42(33)51-43-19-9-4-14-34(43)38(25-28)48(37)51/h1-27H. The molecule has 0 saturated heterocycles. The maximum absolute atomic E-state index is 7.03. The number of hydrogen-bond acceptors (Lipinski definition) is 2. The van der Waals surface area contributed by atoms with E-state index in [4.69, 9.17) is 9.39 Å². The molecule has 0 amide bonds. The highest BCUT2D eigenvalue weighted by Crippen LogP contribution is 2.45. The summed E-state index contributed by atoms with van der Waals surface area (Å²) in [7, 11) is 0. The quantitative estimate of drug-likeness (QED) is 0.171. The van der Waals surface area contributed by atoms with Gasteiger partial charge in [0.15, 0.2) is 0 Å². The van der Waals surface area contributed by atoms with Crippen LogP contribution < -0.4 is 20.3 Å². The van der Waals surface area contributed by atoms with Crippen LogP contribution in [-0.2, 0) is 0 Å². The Bertz CT molecular complexity index is 3240. The lowest BCUT2D eigenvalue weighted by atomic mass is 9.50. The summed E-state index contributed by atoms with van der Waals surface area (Å²) >= 11 is 0. The Balaban J connectivity index is 1.05. The lowest BCUT2D eigenvalue weighted by Gasteiger charge is -2.33. The average Bonchev–Trinajstić information content (AvgIpc) is 3.85. The van der Waals surface area contributed by atoms with E-state index < -0.39 is 0 Å². The van der Waals surface area contributed by atoms with Crippen molar-refractivity contribution in [1.29, 1.82) is 0 Å². The second-order valence-corrected chi connectivity index (χ2v) is 14.4. The molecule has 0 unspecified atom stereocenters.